The summed E-state index contributed by atoms with van der Waals surface area (Å²) in [5.41, 5.74) is 1.57. The molecule has 0 spiro atoms. The SMILES string of the molecule is C1=ICCc2sc3ccccc3c21. The summed E-state index contributed by atoms with van der Waals surface area (Å²) in [6, 6.07) is 8.79. The van der Waals surface area contributed by atoms with Crippen molar-refractivity contribution in [1.82, 2.24) is 0 Å². The molecule has 0 bridgehead atoms. The first kappa shape index (κ1) is 8.12. The summed E-state index contributed by atoms with van der Waals surface area (Å²) in [7, 11) is 0. The van der Waals surface area contributed by atoms with Crippen LogP contribution in [0, 0.1) is 0 Å². The van der Waals surface area contributed by atoms with Crippen LogP contribution in [0.4, 0.5) is 0 Å². The second-order valence-corrected chi connectivity index (χ2v) is 6.86. The fourth-order valence-corrected chi connectivity index (χ4v) is 5.77. The van der Waals surface area contributed by atoms with Gasteiger partial charge in [-0.05, 0) is 20.9 Å². The summed E-state index contributed by atoms with van der Waals surface area (Å²) < 4.78 is 5.42. The minimum absolute atomic E-state index is 0.359. The molecule has 1 aromatic carbocycles. The van der Waals surface area contributed by atoms with Crippen molar-refractivity contribution in [3.63, 3.8) is 0 Å². The monoisotopic (exact) mass is 300 g/mol. The van der Waals surface area contributed by atoms with Gasteiger partial charge in [0, 0.05) is 20.5 Å². The Labute approximate surface area is 91.3 Å². The molecule has 2 aromatic rings. The van der Waals surface area contributed by atoms with Crippen molar-refractivity contribution in [3.8, 4) is 0 Å². The minimum Gasteiger partial charge on any atom is -0.140 e. The van der Waals surface area contributed by atoms with E-state index in [1.54, 1.807) is 10.4 Å². The molecule has 2 heterocycles. The highest BCUT2D eigenvalue weighted by molar-refractivity contribution is 14.2. The molecule has 0 fully saturated rings. The van der Waals surface area contributed by atoms with Crippen LogP contribution in [0.2, 0.25) is 0 Å². The third-order valence-electron chi connectivity index (χ3n) is 2.33. The van der Waals surface area contributed by atoms with Gasteiger partial charge in [-0.25, -0.2) is 0 Å². The van der Waals surface area contributed by atoms with Gasteiger partial charge in [0.05, 0.1) is 0 Å². The van der Waals surface area contributed by atoms with Crippen molar-refractivity contribution < 1.29 is 0 Å². The lowest BCUT2D eigenvalue weighted by molar-refractivity contribution is 1.23. The molecule has 0 atom stereocenters. The lowest BCUT2D eigenvalue weighted by Crippen LogP contribution is -1.92. The van der Waals surface area contributed by atoms with E-state index in [1.165, 1.54) is 20.9 Å². The summed E-state index contributed by atoms with van der Waals surface area (Å²) >= 11 is 2.34. The Balaban J connectivity index is 2.42. The van der Waals surface area contributed by atoms with E-state index < -0.39 is 0 Å². The molecule has 1 aliphatic rings. The standard InChI is InChI=1S/C11H9IS/c1-2-4-10-8(3-1)9-7-12-6-5-11(9)13-10/h1-4,7H,5-6H2. The van der Waals surface area contributed by atoms with Crippen molar-refractivity contribution >= 4 is 46.2 Å². The third kappa shape index (κ3) is 1.27. The molecule has 0 radical (unpaired) electrons. The molecular formula is C11H9IS. The Kier molecular flexibility index (Phi) is 1.98. The average Bonchev–Trinajstić information content (AvgIpc) is 2.56. The molecule has 0 N–H and O–H groups in total. The largest absolute Gasteiger partial charge is 0.140 e. The number of halogens is 1. The molecule has 0 nitrogen and oxygen atoms in total. The second-order valence-electron chi connectivity index (χ2n) is 3.14. The molecule has 0 amide bonds. The van der Waals surface area contributed by atoms with Crippen LogP contribution in [0.15, 0.2) is 24.3 Å². The van der Waals surface area contributed by atoms with Gasteiger partial charge in [-0.3, -0.25) is 0 Å². The molecule has 0 aliphatic carbocycles. The average molecular weight is 300 g/mol. The normalized spacial score (nSPS) is 15.4. The zero-order valence-corrected chi connectivity index (χ0v) is 10.1. The summed E-state index contributed by atoms with van der Waals surface area (Å²) in [4.78, 5) is 1.62. The van der Waals surface area contributed by atoms with Crippen molar-refractivity contribution in [3.05, 3.63) is 34.7 Å². The minimum atomic E-state index is 0.359. The maximum absolute atomic E-state index is 2.51. The van der Waals surface area contributed by atoms with Gasteiger partial charge in [0.1, 0.15) is 0 Å². The highest BCUT2D eigenvalue weighted by Gasteiger charge is 2.11. The molecule has 0 unspecified atom stereocenters. The van der Waals surface area contributed by atoms with E-state index in [2.05, 4.69) is 28.3 Å². The fourth-order valence-electron chi connectivity index (χ4n) is 1.69. The molecule has 2 heteroatoms. The van der Waals surface area contributed by atoms with Crippen molar-refractivity contribution in [1.29, 1.82) is 0 Å². The van der Waals surface area contributed by atoms with E-state index in [-0.39, 0.29) is 0 Å². The Morgan fingerprint density at radius 3 is 3.15 bits per heavy atom. The molecule has 0 saturated heterocycles. The van der Waals surface area contributed by atoms with Crippen molar-refractivity contribution in [2.24, 2.45) is 0 Å². The van der Waals surface area contributed by atoms with Crippen LogP contribution >= 0.6 is 32.1 Å². The van der Waals surface area contributed by atoms with Gasteiger partial charge in [-0.1, -0.05) is 18.2 Å². The Morgan fingerprint density at radius 1 is 1.23 bits per heavy atom. The van der Waals surface area contributed by atoms with E-state index in [1.807, 2.05) is 11.3 Å². The van der Waals surface area contributed by atoms with Crippen LogP contribution in [0.3, 0.4) is 0 Å². The van der Waals surface area contributed by atoms with Crippen molar-refractivity contribution in [2.45, 2.75) is 6.42 Å². The fraction of sp³-hybridized carbons (Fsp3) is 0.182. The molecule has 3 rings (SSSR count). The summed E-state index contributed by atoms with van der Waals surface area (Å²) in [6.07, 6.45) is 1.33. The molecular weight excluding hydrogens is 291 g/mol. The van der Waals surface area contributed by atoms with Gasteiger partial charge < -0.3 is 0 Å². The number of benzene rings is 1. The van der Waals surface area contributed by atoms with E-state index in [4.69, 9.17) is 0 Å². The molecule has 1 aliphatic heterocycles. The number of rotatable bonds is 0. The van der Waals surface area contributed by atoms with E-state index in [9.17, 15) is 0 Å². The zero-order chi connectivity index (χ0) is 8.67. The Bertz CT molecular complexity index is 482. The quantitative estimate of drug-likeness (QED) is 0.515. The first-order chi connectivity index (χ1) is 6.45. The highest BCUT2D eigenvalue weighted by atomic mass is 127. The van der Waals surface area contributed by atoms with Gasteiger partial charge in [0.15, 0.2) is 0 Å². The first-order valence-corrected chi connectivity index (χ1v) is 7.95. The van der Waals surface area contributed by atoms with Crippen LogP contribution in [0.5, 0.6) is 0 Å². The lowest BCUT2D eigenvalue weighted by Gasteiger charge is -2.02. The van der Waals surface area contributed by atoms with Gasteiger partial charge in [-0.2, -0.15) is 0 Å². The van der Waals surface area contributed by atoms with E-state index in [0.717, 1.165) is 0 Å². The van der Waals surface area contributed by atoms with Crippen LogP contribution in [0.1, 0.15) is 10.4 Å². The topological polar surface area (TPSA) is 0 Å². The maximum atomic E-state index is 2.51. The van der Waals surface area contributed by atoms with Gasteiger partial charge in [0.2, 0.25) is 0 Å². The number of fused-ring (bicyclic) bond motifs is 3. The second kappa shape index (κ2) is 3.17. The van der Waals surface area contributed by atoms with Crippen molar-refractivity contribution in [2.75, 3.05) is 4.43 Å². The van der Waals surface area contributed by atoms with E-state index >= 15 is 0 Å². The Hall–Kier alpha value is -0.220. The Morgan fingerprint density at radius 2 is 2.15 bits per heavy atom. The zero-order valence-electron chi connectivity index (χ0n) is 7.09. The predicted octanol–water partition coefficient (Wildman–Crippen LogP) is 3.58. The summed E-state index contributed by atoms with van der Waals surface area (Å²) in [6.45, 7) is 0. The first-order valence-electron chi connectivity index (χ1n) is 4.36. The van der Waals surface area contributed by atoms with Gasteiger partial charge in [-0.15, -0.1) is 32.1 Å². The molecule has 0 saturated carbocycles. The lowest BCUT2D eigenvalue weighted by atomic mass is 10.1. The summed E-state index contributed by atoms with van der Waals surface area (Å²) in [5.74, 6) is 0. The third-order valence-corrected chi connectivity index (χ3v) is 5.80. The number of hydrogen-bond acceptors (Lipinski definition) is 1. The number of aryl methyl sites for hydroxylation is 1. The smallest absolute Gasteiger partial charge is 0.0352 e. The van der Waals surface area contributed by atoms with Crippen LogP contribution in [0.25, 0.3) is 10.1 Å². The molecule has 66 valence electrons. The predicted molar refractivity (Wildman–Crippen MR) is 69.6 cm³/mol. The number of thiophene rings is 1. The summed E-state index contributed by atoms with van der Waals surface area (Å²) in [5, 5.41) is 1.49. The van der Waals surface area contributed by atoms with Gasteiger partial charge >= 0.3 is 0 Å². The molecule has 1 aromatic heterocycles. The van der Waals surface area contributed by atoms with Crippen LogP contribution in [-0.2, 0) is 6.42 Å². The highest BCUT2D eigenvalue weighted by Crippen LogP contribution is 2.33. The maximum Gasteiger partial charge on any atom is 0.0352 e. The number of hydrogen-bond donors (Lipinski definition) is 0. The number of alkyl halides is 1. The van der Waals surface area contributed by atoms with E-state index in [0.29, 0.717) is 20.7 Å². The van der Waals surface area contributed by atoms with Gasteiger partial charge in [0.25, 0.3) is 0 Å². The molecule has 13 heavy (non-hydrogen) atoms. The van der Waals surface area contributed by atoms with Crippen LogP contribution < -0.4 is 0 Å². The van der Waals surface area contributed by atoms with Crippen LogP contribution in [-0.4, -0.2) is 8.44 Å².